The molecule has 0 amide bonds. The number of allylic oxidation sites excluding steroid dienone is 1. The van der Waals surface area contributed by atoms with Crippen LogP contribution in [0.2, 0.25) is 0 Å². The second-order valence-electron chi connectivity index (χ2n) is 3.20. The van der Waals surface area contributed by atoms with Gasteiger partial charge in [0.2, 0.25) is 0 Å². The maximum Gasteiger partial charge on any atom is 0.191 e. The van der Waals surface area contributed by atoms with Crippen LogP contribution in [0.1, 0.15) is 20.3 Å². The Kier molecular flexibility index (Phi) is 5.50. The van der Waals surface area contributed by atoms with Crippen molar-refractivity contribution in [3.63, 3.8) is 0 Å². The van der Waals surface area contributed by atoms with E-state index in [4.69, 9.17) is 28.5 Å². The second-order valence-corrected chi connectivity index (χ2v) is 6.23. The molecule has 0 aromatic heterocycles. The highest BCUT2D eigenvalue weighted by Gasteiger charge is 2.19. The van der Waals surface area contributed by atoms with Crippen LogP contribution in [0.25, 0.3) is 0 Å². The second kappa shape index (κ2) is 5.59. The van der Waals surface area contributed by atoms with E-state index in [2.05, 4.69) is 0 Å². The standard InChI is InChI=1S/C8H11Cl2NO2S/c1-6(2)3-4-14(12,13)8(10)7(9)5-11/h6H,3-4H2,1-2H3/b8-7+. The molecule has 0 aromatic rings. The Morgan fingerprint density at radius 3 is 2.29 bits per heavy atom. The van der Waals surface area contributed by atoms with Crippen molar-refractivity contribution < 1.29 is 8.42 Å². The van der Waals surface area contributed by atoms with Crippen molar-refractivity contribution in [2.24, 2.45) is 5.92 Å². The first-order valence-corrected chi connectivity index (χ1v) is 6.40. The fraction of sp³-hybridized carbons (Fsp3) is 0.625. The zero-order valence-corrected chi connectivity index (χ0v) is 10.2. The number of rotatable bonds is 4. The molecule has 0 aromatic carbocycles. The quantitative estimate of drug-likeness (QED) is 0.726. The third-order valence-corrected chi connectivity index (χ3v) is 4.41. The minimum absolute atomic E-state index is 0.0819. The lowest BCUT2D eigenvalue weighted by Gasteiger charge is -2.04. The Morgan fingerprint density at radius 2 is 1.93 bits per heavy atom. The fourth-order valence-electron chi connectivity index (χ4n) is 0.661. The number of hydrogen-bond acceptors (Lipinski definition) is 3. The SMILES string of the molecule is CC(C)CCS(=O)(=O)/C(Cl)=C(/Cl)C#N. The lowest BCUT2D eigenvalue weighted by atomic mass is 10.2. The molecule has 0 atom stereocenters. The van der Waals surface area contributed by atoms with Gasteiger partial charge in [-0.15, -0.1) is 0 Å². The van der Waals surface area contributed by atoms with Gasteiger partial charge in [0.05, 0.1) is 5.75 Å². The first kappa shape index (κ1) is 13.8. The van der Waals surface area contributed by atoms with Gasteiger partial charge in [-0.3, -0.25) is 0 Å². The van der Waals surface area contributed by atoms with Crippen molar-refractivity contribution in [1.29, 1.82) is 5.26 Å². The van der Waals surface area contributed by atoms with Crippen molar-refractivity contribution >= 4 is 33.0 Å². The summed E-state index contributed by atoms with van der Waals surface area (Å²) in [5.41, 5.74) is 0. The summed E-state index contributed by atoms with van der Waals surface area (Å²) < 4.78 is 22.3. The molecule has 0 aliphatic carbocycles. The Hall–Kier alpha value is -0.240. The molecule has 0 unspecified atom stereocenters. The molecule has 0 spiro atoms. The zero-order chi connectivity index (χ0) is 11.4. The molecule has 14 heavy (non-hydrogen) atoms. The topological polar surface area (TPSA) is 57.9 Å². The van der Waals surface area contributed by atoms with Gasteiger partial charge in [-0.1, -0.05) is 37.0 Å². The average Bonchev–Trinajstić information content (AvgIpc) is 2.12. The molecule has 80 valence electrons. The highest BCUT2D eigenvalue weighted by atomic mass is 35.5. The highest BCUT2D eigenvalue weighted by molar-refractivity contribution is 7.96. The van der Waals surface area contributed by atoms with Crippen LogP contribution < -0.4 is 0 Å². The summed E-state index contributed by atoms with van der Waals surface area (Å²) in [5.74, 6) is 0.177. The number of nitriles is 1. The van der Waals surface area contributed by atoms with E-state index < -0.39 is 19.2 Å². The minimum Gasteiger partial charge on any atom is -0.223 e. The van der Waals surface area contributed by atoms with E-state index in [0.717, 1.165) is 0 Å². The fourth-order valence-corrected chi connectivity index (χ4v) is 2.57. The Labute approximate surface area is 94.2 Å². The molecule has 0 aliphatic rings. The van der Waals surface area contributed by atoms with E-state index in [1.807, 2.05) is 13.8 Å². The first-order chi connectivity index (χ1) is 6.31. The van der Waals surface area contributed by atoms with E-state index in [1.165, 1.54) is 6.07 Å². The van der Waals surface area contributed by atoms with Crippen LogP contribution in [-0.4, -0.2) is 14.2 Å². The van der Waals surface area contributed by atoms with Crippen molar-refractivity contribution in [2.75, 3.05) is 5.75 Å². The average molecular weight is 256 g/mol. The Balaban J connectivity index is 4.75. The van der Waals surface area contributed by atoms with Gasteiger partial charge in [-0.25, -0.2) is 8.42 Å². The van der Waals surface area contributed by atoms with Crippen LogP contribution in [0.4, 0.5) is 0 Å². The third-order valence-electron chi connectivity index (χ3n) is 1.51. The first-order valence-electron chi connectivity index (χ1n) is 3.99. The molecule has 0 rings (SSSR count). The predicted octanol–water partition coefficient (Wildman–Crippen LogP) is 2.62. The van der Waals surface area contributed by atoms with E-state index in [-0.39, 0.29) is 11.7 Å². The van der Waals surface area contributed by atoms with E-state index in [9.17, 15) is 8.42 Å². The van der Waals surface area contributed by atoms with Crippen molar-refractivity contribution in [3.8, 4) is 6.07 Å². The van der Waals surface area contributed by atoms with Gasteiger partial charge in [-0.05, 0) is 12.3 Å². The number of nitrogens with zero attached hydrogens (tertiary/aromatic N) is 1. The summed E-state index contributed by atoms with van der Waals surface area (Å²) in [6.45, 7) is 3.80. The lowest BCUT2D eigenvalue weighted by molar-refractivity contribution is 0.580. The Bertz CT molecular complexity index is 365. The molecule has 6 heteroatoms. The molecule has 0 saturated carbocycles. The summed E-state index contributed by atoms with van der Waals surface area (Å²) in [4.78, 5) is 0. The molecule has 0 N–H and O–H groups in total. The zero-order valence-electron chi connectivity index (χ0n) is 7.92. The molecule has 0 saturated heterocycles. The molecule has 0 aliphatic heterocycles. The lowest BCUT2D eigenvalue weighted by Crippen LogP contribution is -2.09. The van der Waals surface area contributed by atoms with Crippen LogP contribution in [0.15, 0.2) is 9.40 Å². The summed E-state index contributed by atoms with van der Waals surface area (Å²) in [5, 5.41) is 7.88. The maximum absolute atomic E-state index is 11.4. The van der Waals surface area contributed by atoms with Crippen LogP contribution in [-0.2, 0) is 9.84 Å². The Morgan fingerprint density at radius 1 is 1.43 bits per heavy atom. The van der Waals surface area contributed by atoms with Crippen molar-refractivity contribution in [3.05, 3.63) is 9.40 Å². The van der Waals surface area contributed by atoms with Crippen molar-refractivity contribution in [2.45, 2.75) is 20.3 Å². The molecular weight excluding hydrogens is 245 g/mol. The third kappa shape index (κ3) is 4.32. The molecule has 3 nitrogen and oxygen atoms in total. The van der Waals surface area contributed by atoms with Gasteiger partial charge in [-0.2, -0.15) is 5.26 Å². The summed E-state index contributed by atoms with van der Waals surface area (Å²) in [6, 6.07) is 1.49. The number of sulfone groups is 1. The van der Waals surface area contributed by atoms with Gasteiger partial charge in [0.15, 0.2) is 14.2 Å². The number of hydrogen-bond donors (Lipinski definition) is 0. The largest absolute Gasteiger partial charge is 0.223 e. The van der Waals surface area contributed by atoms with Crippen LogP contribution in [0, 0.1) is 17.2 Å². The molecule has 0 bridgehead atoms. The van der Waals surface area contributed by atoms with Gasteiger partial charge in [0.1, 0.15) is 11.1 Å². The predicted molar refractivity (Wildman–Crippen MR) is 57.6 cm³/mol. The number of halogens is 2. The maximum atomic E-state index is 11.4. The summed E-state index contributed by atoms with van der Waals surface area (Å²) in [7, 11) is -3.58. The highest BCUT2D eigenvalue weighted by Crippen LogP contribution is 2.21. The van der Waals surface area contributed by atoms with Gasteiger partial charge in [0.25, 0.3) is 0 Å². The van der Waals surface area contributed by atoms with Gasteiger partial charge in [0, 0.05) is 0 Å². The monoisotopic (exact) mass is 255 g/mol. The smallest absolute Gasteiger partial charge is 0.191 e. The van der Waals surface area contributed by atoms with Crippen LogP contribution in [0.3, 0.4) is 0 Å². The van der Waals surface area contributed by atoms with Crippen molar-refractivity contribution in [1.82, 2.24) is 0 Å². The van der Waals surface area contributed by atoms with Crippen LogP contribution >= 0.6 is 23.2 Å². The summed E-state index contributed by atoms with van der Waals surface area (Å²) in [6.07, 6.45) is 0.494. The normalized spacial score (nSPS) is 13.7. The molecular formula is C8H11Cl2NO2S. The van der Waals surface area contributed by atoms with Gasteiger partial charge < -0.3 is 0 Å². The van der Waals surface area contributed by atoms with Gasteiger partial charge >= 0.3 is 0 Å². The molecule has 0 heterocycles. The van der Waals surface area contributed by atoms with E-state index in [1.54, 1.807) is 0 Å². The summed E-state index contributed by atoms with van der Waals surface area (Å²) >= 11 is 10.8. The molecule has 0 radical (unpaired) electrons. The van der Waals surface area contributed by atoms with E-state index in [0.29, 0.717) is 6.42 Å². The van der Waals surface area contributed by atoms with Crippen LogP contribution in [0.5, 0.6) is 0 Å². The van der Waals surface area contributed by atoms with E-state index >= 15 is 0 Å². The minimum atomic E-state index is -3.58. The molecule has 0 fully saturated rings.